The Morgan fingerprint density at radius 3 is 2.40 bits per heavy atom. The smallest absolute Gasteiger partial charge is 0.353 e. The van der Waals surface area contributed by atoms with Crippen molar-refractivity contribution in [3.63, 3.8) is 0 Å². The lowest BCUT2D eigenvalue weighted by molar-refractivity contribution is -0.383. The minimum absolute atomic E-state index is 0.0931. The molecule has 3 heterocycles. The molecule has 0 spiro atoms. The Morgan fingerprint density at radius 2 is 1.73 bits per heavy atom. The first-order chi connectivity index (χ1) is 14.5. The fourth-order valence-corrected chi connectivity index (χ4v) is 3.56. The number of aromatic nitrogens is 3. The minimum atomic E-state index is -0.472. The van der Waals surface area contributed by atoms with Crippen LogP contribution in [0, 0.1) is 10.1 Å². The van der Waals surface area contributed by atoms with Crippen molar-refractivity contribution >= 4 is 52.0 Å². The molecule has 1 N–H and O–H groups in total. The van der Waals surface area contributed by atoms with Crippen LogP contribution in [0.25, 0.3) is 0 Å². The maximum absolute atomic E-state index is 11.9. The van der Waals surface area contributed by atoms with Crippen LogP contribution in [0.2, 0.25) is 10.0 Å². The molecular weight excluding hydrogens is 429 g/mol. The number of piperazine rings is 1. The molecule has 0 atom stereocenters. The molecule has 4 rings (SSSR count). The van der Waals surface area contributed by atoms with Crippen molar-refractivity contribution in [3.05, 3.63) is 69.1 Å². The van der Waals surface area contributed by atoms with Crippen LogP contribution in [0.3, 0.4) is 0 Å². The van der Waals surface area contributed by atoms with E-state index in [1.165, 1.54) is 6.33 Å². The molecule has 9 nitrogen and oxygen atoms in total. The standard InChI is InChI=1S/C19H17Cl2N7O2/c20-14-5-4-13(11-15(14)21)25-18-17(28(29)30)19(24-12-23-18)27-9-7-26(8-10-27)16-3-1-2-6-22-16/h1-6,11-12H,7-10H2,(H,23,24,25). The van der Waals surface area contributed by atoms with Gasteiger partial charge in [0.05, 0.1) is 15.0 Å². The number of nitrogens with one attached hydrogen (secondary N) is 1. The number of halogens is 2. The molecular formula is C19H17Cl2N7O2. The van der Waals surface area contributed by atoms with Crippen molar-refractivity contribution in [2.45, 2.75) is 0 Å². The average Bonchev–Trinajstić information content (AvgIpc) is 2.77. The Bertz CT molecular complexity index is 1060. The van der Waals surface area contributed by atoms with Gasteiger partial charge in [-0.05, 0) is 30.3 Å². The van der Waals surface area contributed by atoms with E-state index in [1.807, 2.05) is 23.1 Å². The summed E-state index contributed by atoms with van der Waals surface area (Å²) in [4.78, 5) is 28.1. The number of rotatable bonds is 5. The molecule has 1 aliphatic rings. The van der Waals surface area contributed by atoms with E-state index in [9.17, 15) is 10.1 Å². The highest BCUT2D eigenvalue weighted by Crippen LogP contribution is 2.35. The van der Waals surface area contributed by atoms with Crippen molar-refractivity contribution in [2.24, 2.45) is 0 Å². The van der Waals surface area contributed by atoms with E-state index >= 15 is 0 Å². The molecule has 0 unspecified atom stereocenters. The summed E-state index contributed by atoms with van der Waals surface area (Å²) in [5.41, 5.74) is 0.354. The SMILES string of the molecule is O=[N+]([O-])c1c(Nc2ccc(Cl)c(Cl)c2)ncnc1N1CCN(c2ccccn2)CC1. The molecule has 154 valence electrons. The Labute approximate surface area is 182 Å². The van der Waals surface area contributed by atoms with Crippen molar-refractivity contribution in [1.82, 2.24) is 15.0 Å². The van der Waals surface area contributed by atoms with Crippen LogP contribution in [0.1, 0.15) is 0 Å². The van der Waals surface area contributed by atoms with Gasteiger partial charge in [-0.2, -0.15) is 0 Å². The zero-order chi connectivity index (χ0) is 21.1. The molecule has 0 bridgehead atoms. The first-order valence-corrected chi connectivity index (χ1v) is 9.91. The molecule has 1 fully saturated rings. The maximum atomic E-state index is 11.9. The van der Waals surface area contributed by atoms with Gasteiger partial charge in [0.25, 0.3) is 0 Å². The fourth-order valence-electron chi connectivity index (χ4n) is 3.26. The van der Waals surface area contributed by atoms with Gasteiger partial charge in [0.2, 0.25) is 11.6 Å². The lowest BCUT2D eigenvalue weighted by Gasteiger charge is -2.35. The molecule has 0 amide bonds. The second kappa shape index (κ2) is 8.68. The van der Waals surface area contributed by atoms with Crippen LogP contribution in [0.5, 0.6) is 0 Å². The molecule has 1 aromatic carbocycles. The molecule has 11 heteroatoms. The Morgan fingerprint density at radius 1 is 0.967 bits per heavy atom. The van der Waals surface area contributed by atoms with Gasteiger partial charge >= 0.3 is 5.69 Å². The third kappa shape index (κ3) is 4.22. The number of anilines is 4. The number of hydrogen-bond donors (Lipinski definition) is 1. The van der Waals surface area contributed by atoms with Crippen molar-refractivity contribution in [3.8, 4) is 0 Å². The summed E-state index contributed by atoms with van der Waals surface area (Å²) < 4.78 is 0. The summed E-state index contributed by atoms with van der Waals surface area (Å²) in [5.74, 6) is 1.25. The zero-order valence-corrected chi connectivity index (χ0v) is 17.2. The first-order valence-electron chi connectivity index (χ1n) is 9.15. The van der Waals surface area contributed by atoms with Crippen LogP contribution in [0.4, 0.5) is 28.8 Å². The maximum Gasteiger partial charge on any atom is 0.353 e. The van der Waals surface area contributed by atoms with Gasteiger partial charge in [-0.3, -0.25) is 10.1 Å². The summed E-state index contributed by atoms with van der Waals surface area (Å²) >= 11 is 12.0. The molecule has 0 saturated carbocycles. The number of nitro groups is 1. The van der Waals surface area contributed by atoms with Gasteiger partial charge in [-0.1, -0.05) is 29.3 Å². The van der Waals surface area contributed by atoms with E-state index < -0.39 is 4.92 Å². The van der Waals surface area contributed by atoms with Gasteiger partial charge in [-0.15, -0.1) is 0 Å². The third-order valence-electron chi connectivity index (χ3n) is 4.72. The van der Waals surface area contributed by atoms with Gasteiger partial charge in [0, 0.05) is 38.1 Å². The number of hydrogen-bond acceptors (Lipinski definition) is 8. The highest BCUT2D eigenvalue weighted by Gasteiger charge is 2.29. The number of nitrogens with zero attached hydrogens (tertiary/aromatic N) is 6. The first kappa shape index (κ1) is 20.1. The largest absolute Gasteiger partial charge is 0.353 e. The van der Waals surface area contributed by atoms with Gasteiger partial charge in [-0.25, -0.2) is 15.0 Å². The number of pyridine rings is 1. The van der Waals surface area contributed by atoms with E-state index in [4.69, 9.17) is 23.2 Å². The van der Waals surface area contributed by atoms with Crippen LogP contribution < -0.4 is 15.1 Å². The fraction of sp³-hybridized carbons (Fsp3) is 0.211. The molecule has 1 aliphatic heterocycles. The van der Waals surface area contributed by atoms with E-state index in [1.54, 1.807) is 24.4 Å². The summed E-state index contributed by atoms with van der Waals surface area (Å²) in [6.07, 6.45) is 3.06. The van der Waals surface area contributed by atoms with E-state index in [0.717, 1.165) is 5.82 Å². The topological polar surface area (TPSA) is 100 Å². The Balaban J connectivity index is 1.57. The van der Waals surface area contributed by atoms with Crippen LogP contribution in [-0.2, 0) is 0 Å². The summed E-state index contributed by atoms with van der Waals surface area (Å²) in [5, 5.41) is 15.6. The van der Waals surface area contributed by atoms with Crippen molar-refractivity contribution < 1.29 is 4.92 Å². The van der Waals surface area contributed by atoms with Gasteiger partial charge < -0.3 is 15.1 Å². The summed E-state index contributed by atoms with van der Waals surface area (Å²) in [6, 6.07) is 10.6. The lowest BCUT2D eigenvalue weighted by atomic mass is 10.2. The Hall–Kier alpha value is -3.17. The average molecular weight is 446 g/mol. The summed E-state index contributed by atoms with van der Waals surface area (Å²) in [6.45, 7) is 2.49. The van der Waals surface area contributed by atoms with Crippen LogP contribution in [-0.4, -0.2) is 46.1 Å². The second-order valence-corrected chi connectivity index (χ2v) is 7.38. The molecule has 0 aliphatic carbocycles. The molecule has 0 radical (unpaired) electrons. The zero-order valence-electron chi connectivity index (χ0n) is 15.7. The number of benzene rings is 1. The molecule has 30 heavy (non-hydrogen) atoms. The predicted molar refractivity (Wildman–Crippen MR) is 117 cm³/mol. The minimum Gasteiger partial charge on any atom is -0.353 e. The highest BCUT2D eigenvalue weighted by molar-refractivity contribution is 6.42. The van der Waals surface area contributed by atoms with Gasteiger partial charge in [0.15, 0.2) is 0 Å². The quantitative estimate of drug-likeness (QED) is 0.461. The Kier molecular flexibility index (Phi) is 5.82. The second-order valence-electron chi connectivity index (χ2n) is 6.57. The normalized spacial score (nSPS) is 13.9. The summed E-state index contributed by atoms with van der Waals surface area (Å²) in [7, 11) is 0. The lowest BCUT2D eigenvalue weighted by Crippen LogP contribution is -2.47. The van der Waals surface area contributed by atoms with E-state index in [2.05, 4.69) is 25.2 Å². The third-order valence-corrected chi connectivity index (χ3v) is 5.46. The molecule has 3 aromatic rings. The van der Waals surface area contributed by atoms with Crippen LogP contribution >= 0.6 is 23.2 Å². The predicted octanol–water partition coefficient (Wildman–Crippen LogP) is 4.16. The van der Waals surface area contributed by atoms with Crippen molar-refractivity contribution in [1.29, 1.82) is 0 Å². The highest BCUT2D eigenvalue weighted by atomic mass is 35.5. The van der Waals surface area contributed by atoms with E-state index in [-0.39, 0.29) is 17.3 Å². The monoisotopic (exact) mass is 445 g/mol. The molecule has 2 aromatic heterocycles. The van der Waals surface area contributed by atoms with Crippen molar-refractivity contribution in [2.75, 3.05) is 41.3 Å². The van der Waals surface area contributed by atoms with E-state index in [0.29, 0.717) is 41.9 Å². The molecule has 1 saturated heterocycles. The van der Waals surface area contributed by atoms with Crippen LogP contribution in [0.15, 0.2) is 48.9 Å². The van der Waals surface area contributed by atoms with Gasteiger partial charge in [0.1, 0.15) is 12.1 Å².